The second kappa shape index (κ2) is 7.67. The van der Waals surface area contributed by atoms with Crippen LogP contribution in [0.5, 0.6) is 0 Å². The van der Waals surface area contributed by atoms with Crippen molar-refractivity contribution in [1.82, 2.24) is 14.8 Å². The molecule has 1 aromatic carbocycles. The zero-order valence-corrected chi connectivity index (χ0v) is 19.1. The van der Waals surface area contributed by atoms with Crippen LogP contribution in [0.2, 0.25) is 0 Å². The second-order valence-electron chi connectivity index (χ2n) is 9.16. The minimum Gasteiger partial charge on any atom is -0.375 e. The molecule has 3 N–H and O–H groups in total. The molecule has 2 aliphatic heterocycles. The number of hydrogen-bond donors (Lipinski definition) is 3. The third-order valence-corrected chi connectivity index (χ3v) is 7.55. The highest BCUT2D eigenvalue weighted by atomic mass is 32.2. The lowest BCUT2D eigenvalue weighted by Crippen LogP contribution is -2.36. The molecule has 0 aliphatic carbocycles. The van der Waals surface area contributed by atoms with Crippen LogP contribution in [-0.2, 0) is 9.53 Å². The van der Waals surface area contributed by atoms with E-state index in [4.69, 9.17) is 4.74 Å². The lowest BCUT2D eigenvalue weighted by atomic mass is 9.94. The van der Waals surface area contributed by atoms with Crippen molar-refractivity contribution < 1.29 is 9.53 Å². The average Bonchev–Trinajstić information content (AvgIpc) is 2.93. The van der Waals surface area contributed by atoms with Gasteiger partial charge in [0.25, 0.3) is 11.1 Å². The highest BCUT2D eigenvalue weighted by Crippen LogP contribution is 2.41. The Kier molecular flexibility index (Phi) is 5.05. The number of nitrogens with zero attached hydrogens (tertiary/aromatic N) is 1. The van der Waals surface area contributed by atoms with E-state index in [1.807, 2.05) is 45.0 Å². The van der Waals surface area contributed by atoms with E-state index >= 15 is 0 Å². The number of anilines is 1. The fourth-order valence-electron chi connectivity index (χ4n) is 4.78. The minimum atomic E-state index is -0.560. The first-order chi connectivity index (χ1) is 15.2. The first-order valence-corrected chi connectivity index (χ1v) is 11.8. The van der Waals surface area contributed by atoms with Gasteiger partial charge in [-0.25, -0.2) is 0 Å². The summed E-state index contributed by atoms with van der Waals surface area (Å²) in [5, 5.41) is 6.20. The number of para-hydroxylation sites is 1. The lowest BCUT2D eigenvalue weighted by molar-refractivity contribution is -0.113. The summed E-state index contributed by atoms with van der Waals surface area (Å²) in [5.41, 5.74) is 1.79. The molecule has 1 amide bonds. The number of fused-ring (bicyclic) bond motifs is 2. The second-order valence-corrected chi connectivity index (χ2v) is 10.3. The van der Waals surface area contributed by atoms with Crippen LogP contribution in [0.15, 0.2) is 33.9 Å². The Morgan fingerprint density at radius 3 is 2.78 bits per heavy atom. The average molecular weight is 455 g/mol. The molecule has 2 atom stereocenters. The Morgan fingerprint density at radius 1 is 1.19 bits per heavy atom. The number of amides is 1. The number of pyridine rings is 1. The van der Waals surface area contributed by atoms with Crippen LogP contribution in [0.25, 0.3) is 10.9 Å². The maximum Gasteiger partial charge on any atom is 0.270 e. The van der Waals surface area contributed by atoms with Crippen molar-refractivity contribution in [2.75, 3.05) is 17.7 Å². The number of ether oxygens (including phenoxy) is 1. The van der Waals surface area contributed by atoms with Crippen molar-refractivity contribution in [2.24, 2.45) is 0 Å². The van der Waals surface area contributed by atoms with E-state index < -0.39 is 5.25 Å². The number of rotatable bonds is 2. The van der Waals surface area contributed by atoms with Gasteiger partial charge in [0.2, 0.25) is 5.91 Å². The number of hydrogen-bond acceptors (Lipinski definition) is 5. The van der Waals surface area contributed by atoms with Gasteiger partial charge in [0.1, 0.15) is 5.82 Å². The maximum atomic E-state index is 13.2. The molecular formula is C23H26N4O4S. The summed E-state index contributed by atoms with van der Waals surface area (Å²) in [7, 11) is 0. The fourth-order valence-corrected chi connectivity index (χ4v) is 5.91. The third kappa shape index (κ3) is 3.59. The van der Waals surface area contributed by atoms with E-state index in [0.29, 0.717) is 30.0 Å². The number of carbonyl (C=O) groups is 1. The van der Waals surface area contributed by atoms with E-state index in [-0.39, 0.29) is 34.4 Å². The molecule has 5 rings (SSSR count). The van der Waals surface area contributed by atoms with Gasteiger partial charge in [0.05, 0.1) is 33.7 Å². The van der Waals surface area contributed by atoms with Crippen molar-refractivity contribution in [2.45, 2.75) is 50.5 Å². The predicted molar refractivity (Wildman–Crippen MR) is 126 cm³/mol. The molecule has 3 aromatic rings. The summed E-state index contributed by atoms with van der Waals surface area (Å²) in [4.78, 5) is 41.8. The molecule has 2 aromatic heterocycles. The Bertz CT molecular complexity index is 1340. The molecule has 2 aliphatic rings. The van der Waals surface area contributed by atoms with Crippen LogP contribution in [-0.4, -0.2) is 38.6 Å². The highest BCUT2D eigenvalue weighted by Gasteiger charge is 2.36. The van der Waals surface area contributed by atoms with Crippen molar-refractivity contribution >= 4 is 34.4 Å². The number of benzene rings is 1. The van der Waals surface area contributed by atoms with Crippen molar-refractivity contribution in [1.29, 1.82) is 0 Å². The minimum absolute atomic E-state index is 0.0169. The Balaban J connectivity index is 1.66. The first kappa shape index (κ1) is 21.1. The van der Waals surface area contributed by atoms with Crippen LogP contribution >= 0.6 is 11.8 Å². The van der Waals surface area contributed by atoms with Gasteiger partial charge in [-0.05, 0) is 50.6 Å². The topological polar surface area (TPSA) is 109 Å². The molecule has 1 saturated heterocycles. The molecule has 1 fully saturated rings. The highest BCUT2D eigenvalue weighted by molar-refractivity contribution is 8.00. The molecule has 0 bridgehead atoms. The van der Waals surface area contributed by atoms with Crippen LogP contribution in [0.1, 0.15) is 54.7 Å². The van der Waals surface area contributed by atoms with Crippen LogP contribution in [0.3, 0.4) is 0 Å². The summed E-state index contributed by atoms with van der Waals surface area (Å²) < 4.78 is 7.60. The Hall–Kier alpha value is -2.78. The number of aromatic amines is 2. The Labute approximate surface area is 188 Å². The van der Waals surface area contributed by atoms with Crippen LogP contribution < -0.4 is 16.4 Å². The van der Waals surface area contributed by atoms with Gasteiger partial charge < -0.3 is 15.0 Å². The summed E-state index contributed by atoms with van der Waals surface area (Å²) in [5.74, 6) is 0.427. The quantitative estimate of drug-likeness (QED) is 0.551. The van der Waals surface area contributed by atoms with Gasteiger partial charge >= 0.3 is 0 Å². The summed E-state index contributed by atoms with van der Waals surface area (Å²) in [6.45, 7) is 6.56. The molecule has 4 heterocycles. The molecule has 9 heteroatoms. The lowest BCUT2D eigenvalue weighted by Gasteiger charge is -2.36. The number of nitrogens with one attached hydrogen (secondary N) is 3. The summed E-state index contributed by atoms with van der Waals surface area (Å²) in [6.07, 6.45) is 1.43. The zero-order chi connectivity index (χ0) is 22.6. The van der Waals surface area contributed by atoms with Gasteiger partial charge in [-0.2, -0.15) is 0 Å². The van der Waals surface area contributed by atoms with Crippen molar-refractivity contribution in [3.05, 3.63) is 61.7 Å². The maximum absolute atomic E-state index is 13.2. The monoisotopic (exact) mass is 454 g/mol. The summed E-state index contributed by atoms with van der Waals surface area (Å²) in [6, 6.07) is 7.64. The fraction of sp³-hybridized carbons (Fsp3) is 0.435. The molecule has 8 nitrogen and oxygen atoms in total. The van der Waals surface area contributed by atoms with Gasteiger partial charge in [0, 0.05) is 12.2 Å². The number of aryl methyl sites for hydroxylation is 1. The SMILES string of the molecule is Cc1cccc2cc([C@@H]3SCC(=O)Nc4c3c(=O)[nH]n4[C@H]3CCOC(C)(C)C3)c(=O)[nH]c12. The Morgan fingerprint density at radius 2 is 2.00 bits per heavy atom. The zero-order valence-electron chi connectivity index (χ0n) is 18.3. The van der Waals surface area contributed by atoms with Gasteiger partial charge in [0.15, 0.2) is 0 Å². The number of thioether (sulfide) groups is 1. The van der Waals surface area contributed by atoms with Crippen molar-refractivity contribution in [3.63, 3.8) is 0 Å². The molecule has 0 saturated carbocycles. The molecular weight excluding hydrogens is 428 g/mol. The van der Waals surface area contributed by atoms with E-state index in [1.54, 1.807) is 4.68 Å². The van der Waals surface area contributed by atoms with Crippen LogP contribution in [0.4, 0.5) is 5.82 Å². The standard InChI is InChI=1S/C23H26N4O4S/c1-12-5-4-6-13-9-15(21(29)25-18(12)13)19-17-20(24-16(28)11-32-19)27(26-22(17)30)14-7-8-31-23(2,3)10-14/h4-6,9,14,19H,7-8,10-11H2,1-3H3,(H,24,28)(H,25,29)(H,26,30)/t14-,19-/m0/s1. The van der Waals surface area contributed by atoms with Gasteiger partial charge in [-0.3, -0.25) is 24.2 Å². The first-order valence-electron chi connectivity index (χ1n) is 10.8. The van der Waals surface area contributed by atoms with Crippen molar-refractivity contribution in [3.8, 4) is 0 Å². The molecule has 0 radical (unpaired) electrons. The number of carbonyl (C=O) groups excluding carboxylic acids is 1. The smallest absolute Gasteiger partial charge is 0.270 e. The molecule has 0 spiro atoms. The third-order valence-electron chi connectivity index (χ3n) is 6.30. The molecule has 32 heavy (non-hydrogen) atoms. The number of H-pyrrole nitrogens is 2. The van der Waals surface area contributed by atoms with E-state index in [9.17, 15) is 14.4 Å². The number of aromatic nitrogens is 3. The predicted octanol–water partition coefficient (Wildman–Crippen LogP) is 3.23. The largest absolute Gasteiger partial charge is 0.375 e. The van der Waals surface area contributed by atoms with E-state index in [1.165, 1.54) is 11.8 Å². The van der Waals surface area contributed by atoms with E-state index in [0.717, 1.165) is 22.9 Å². The molecule has 168 valence electrons. The normalized spacial score (nSPS) is 22.9. The van der Waals surface area contributed by atoms with E-state index in [2.05, 4.69) is 15.4 Å². The molecule has 0 unspecified atom stereocenters. The van der Waals surface area contributed by atoms with Gasteiger partial charge in [-0.15, -0.1) is 11.8 Å². The summed E-state index contributed by atoms with van der Waals surface area (Å²) >= 11 is 1.30. The van der Waals surface area contributed by atoms with Crippen LogP contribution in [0, 0.1) is 6.92 Å². The van der Waals surface area contributed by atoms with Gasteiger partial charge in [-0.1, -0.05) is 18.2 Å².